The average Bonchev–Trinajstić information content (AvgIpc) is 3.76. The second-order valence-electron chi connectivity index (χ2n) is 20.9. The van der Waals surface area contributed by atoms with Gasteiger partial charge in [-0.25, -0.2) is 0 Å². The normalized spacial score (nSPS) is 10.9. The summed E-state index contributed by atoms with van der Waals surface area (Å²) >= 11 is 0. The first kappa shape index (κ1) is 59.2. The predicted molar refractivity (Wildman–Crippen MR) is 378 cm³/mol. The van der Waals surface area contributed by atoms with Crippen LogP contribution in [0.1, 0.15) is 0 Å². The van der Waals surface area contributed by atoms with E-state index in [2.05, 4.69) is 346 Å². The molecular formula is C81H60IrN3P3. The number of aromatic nitrogens is 3. The summed E-state index contributed by atoms with van der Waals surface area (Å²) in [6.07, 6.45) is 5.90. The number of benzene rings is 12. The summed E-state index contributed by atoms with van der Waals surface area (Å²) < 4.78 is 0. The van der Waals surface area contributed by atoms with Crippen molar-refractivity contribution in [2.75, 3.05) is 0 Å². The van der Waals surface area contributed by atoms with Gasteiger partial charge in [0.05, 0.1) is 17.1 Å². The zero-order valence-electron chi connectivity index (χ0n) is 48.2. The van der Waals surface area contributed by atoms with Gasteiger partial charge in [-0.1, -0.05) is 309 Å². The average molecular weight is 1360 g/mol. The van der Waals surface area contributed by atoms with Gasteiger partial charge < -0.3 is 0 Å². The third kappa shape index (κ3) is 14.1. The van der Waals surface area contributed by atoms with Gasteiger partial charge in [-0.2, -0.15) is 0 Å². The molecule has 0 saturated carbocycles. The maximum Gasteiger partial charge on any atom is 0.0708 e. The fourth-order valence-electron chi connectivity index (χ4n) is 10.9. The molecule has 0 fully saturated rings. The maximum absolute atomic E-state index is 4.73. The van der Waals surface area contributed by atoms with Gasteiger partial charge in [-0.05, 0) is 124 Å². The molecule has 15 rings (SSSR count). The second-order valence-corrected chi connectivity index (χ2v) is 27.6. The standard InChI is InChI=1S/3C27H20NP.Ir/c3*1-3-13-24(14-4-1)29(25-15-5-2-6-16-25)26-17-9-12-22(18-26)27-19-21-10-7-8-11-23(21)20-28-27;/h3*1-20H;. The van der Waals surface area contributed by atoms with Crippen LogP contribution >= 0.6 is 23.8 Å². The van der Waals surface area contributed by atoms with Crippen LogP contribution in [0.25, 0.3) is 66.1 Å². The molecule has 1 radical (unpaired) electrons. The van der Waals surface area contributed by atoms with Gasteiger partial charge >= 0.3 is 0 Å². The van der Waals surface area contributed by atoms with E-state index in [0.29, 0.717) is 0 Å². The number of fused-ring (bicyclic) bond motifs is 3. The minimum atomic E-state index is -0.615. The molecule has 0 saturated heterocycles. The van der Waals surface area contributed by atoms with E-state index in [-0.39, 0.29) is 20.1 Å². The summed E-state index contributed by atoms with van der Waals surface area (Å²) in [5.41, 5.74) is 6.53. The summed E-state index contributed by atoms with van der Waals surface area (Å²) in [6.45, 7) is 0. The van der Waals surface area contributed by atoms with E-state index < -0.39 is 23.8 Å². The van der Waals surface area contributed by atoms with Gasteiger partial charge in [0.15, 0.2) is 0 Å². The van der Waals surface area contributed by atoms with E-state index in [4.69, 9.17) is 15.0 Å². The molecule has 0 unspecified atom stereocenters. The molecule has 423 valence electrons. The van der Waals surface area contributed by atoms with E-state index in [1.165, 1.54) is 80.1 Å². The monoisotopic (exact) mass is 1360 g/mol. The predicted octanol–water partition coefficient (Wildman–Crippen LogP) is 17.0. The molecule has 0 amide bonds. The number of rotatable bonds is 12. The van der Waals surface area contributed by atoms with Crippen molar-refractivity contribution >= 4 is 104 Å². The third-order valence-corrected chi connectivity index (χ3v) is 22.5. The Bertz CT molecular complexity index is 4120. The Balaban J connectivity index is 0.000000128. The molecule has 3 nitrogen and oxygen atoms in total. The van der Waals surface area contributed by atoms with Crippen molar-refractivity contribution in [3.05, 3.63) is 364 Å². The van der Waals surface area contributed by atoms with Gasteiger partial charge in [-0.3, -0.25) is 15.0 Å². The van der Waals surface area contributed by atoms with E-state index in [1.807, 2.05) is 18.6 Å². The summed E-state index contributed by atoms with van der Waals surface area (Å²) in [6, 6.07) is 123. The van der Waals surface area contributed by atoms with Crippen LogP contribution in [0, 0.1) is 0 Å². The van der Waals surface area contributed by atoms with Gasteiger partial charge in [0.2, 0.25) is 0 Å². The van der Waals surface area contributed by atoms with Crippen molar-refractivity contribution in [2.45, 2.75) is 0 Å². The van der Waals surface area contributed by atoms with Crippen LogP contribution in [0.3, 0.4) is 0 Å². The summed E-state index contributed by atoms with van der Waals surface area (Å²) in [5, 5.41) is 19.3. The Morgan fingerprint density at radius 1 is 0.170 bits per heavy atom. The van der Waals surface area contributed by atoms with Gasteiger partial charge in [0.25, 0.3) is 0 Å². The zero-order chi connectivity index (χ0) is 58.4. The molecule has 0 bridgehead atoms. The molecule has 0 spiro atoms. The summed E-state index contributed by atoms with van der Waals surface area (Å²) in [5.74, 6) is 0. The van der Waals surface area contributed by atoms with Crippen LogP contribution in [0.5, 0.6) is 0 Å². The second kappa shape index (κ2) is 29.0. The van der Waals surface area contributed by atoms with Crippen LogP contribution in [0.2, 0.25) is 0 Å². The Morgan fingerprint density at radius 2 is 0.364 bits per heavy atom. The van der Waals surface area contributed by atoms with Gasteiger partial charge in [0.1, 0.15) is 0 Å². The first-order valence-corrected chi connectivity index (χ1v) is 33.2. The van der Waals surface area contributed by atoms with Crippen molar-refractivity contribution in [1.82, 2.24) is 15.0 Å². The quantitative estimate of drug-likeness (QED) is 0.114. The molecule has 3 heterocycles. The van der Waals surface area contributed by atoms with Crippen molar-refractivity contribution in [2.24, 2.45) is 0 Å². The van der Waals surface area contributed by atoms with Crippen LogP contribution in [-0.2, 0) is 20.1 Å². The van der Waals surface area contributed by atoms with Crippen molar-refractivity contribution < 1.29 is 20.1 Å². The van der Waals surface area contributed by atoms with E-state index >= 15 is 0 Å². The molecule has 15 aromatic rings. The first-order valence-electron chi connectivity index (χ1n) is 29.2. The summed E-state index contributed by atoms with van der Waals surface area (Å²) in [4.78, 5) is 14.2. The van der Waals surface area contributed by atoms with Crippen molar-refractivity contribution in [3.8, 4) is 33.8 Å². The van der Waals surface area contributed by atoms with E-state index in [0.717, 1.165) is 33.8 Å². The van der Waals surface area contributed by atoms with Crippen molar-refractivity contribution in [1.29, 1.82) is 0 Å². The number of nitrogens with zero attached hydrogens (tertiary/aromatic N) is 3. The maximum atomic E-state index is 4.73. The third-order valence-electron chi connectivity index (χ3n) is 15.2. The van der Waals surface area contributed by atoms with Gasteiger partial charge in [0, 0.05) is 71.5 Å². The van der Waals surface area contributed by atoms with Crippen LogP contribution in [0.4, 0.5) is 0 Å². The minimum Gasteiger partial charge on any atom is -0.256 e. The summed E-state index contributed by atoms with van der Waals surface area (Å²) in [7, 11) is -1.84. The Labute approximate surface area is 533 Å². The zero-order valence-corrected chi connectivity index (χ0v) is 53.2. The molecule has 0 atom stereocenters. The van der Waals surface area contributed by atoms with Crippen LogP contribution in [-0.4, -0.2) is 15.0 Å². The molecule has 0 aliphatic rings. The van der Waals surface area contributed by atoms with Crippen LogP contribution in [0.15, 0.2) is 364 Å². The topological polar surface area (TPSA) is 38.7 Å². The molecule has 3 aromatic heterocycles. The molecule has 7 heteroatoms. The molecule has 0 aliphatic heterocycles. The minimum absolute atomic E-state index is 0. The number of hydrogen-bond donors (Lipinski definition) is 0. The Hall–Kier alpha value is -9.19. The molecule has 0 N–H and O–H groups in total. The molecule has 0 aliphatic carbocycles. The SMILES string of the molecule is [Ir].c1ccc(P(c2ccccc2)c2cccc(-c3cc4ccccc4cn3)c2)cc1.c1ccc(P(c2ccccc2)c2cccc(-c3cc4ccccc4cn3)c2)cc1.c1ccc(P(c2ccccc2)c2cccc(-c3cc4ccccc4cn3)c2)cc1. The molecule has 12 aromatic carbocycles. The first-order chi connectivity index (χ1) is 43.1. The van der Waals surface area contributed by atoms with Crippen LogP contribution < -0.4 is 47.7 Å². The number of pyridine rings is 3. The van der Waals surface area contributed by atoms with E-state index in [1.54, 1.807) is 0 Å². The Morgan fingerprint density at radius 3 is 0.591 bits per heavy atom. The largest absolute Gasteiger partial charge is 0.256 e. The smallest absolute Gasteiger partial charge is 0.0708 e. The van der Waals surface area contributed by atoms with Crippen molar-refractivity contribution in [3.63, 3.8) is 0 Å². The fraction of sp³-hybridized carbons (Fsp3) is 0. The van der Waals surface area contributed by atoms with E-state index in [9.17, 15) is 0 Å². The van der Waals surface area contributed by atoms with Gasteiger partial charge in [-0.15, -0.1) is 0 Å². The fourth-order valence-corrected chi connectivity index (χ4v) is 18.0. The number of hydrogen-bond acceptors (Lipinski definition) is 3. The Kier molecular flexibility index (Phi) is 19.5. The molecular weight excluding hydrogens is 1300 g/mol. The molecule has 88 heavy (non-hydrogen) atoms.